The van der Waals surface area contributed by atoms with Crippen LogP contribution < -0.4 is 10.2 Å². The minimum Gasteiger partial charge on any atom is -0.873 e. The van der Waals surface area contributed by atoms with Gasteiger partial charge in [0.25, 0.3) is 0 Å². The topological polar surface area (TPSA) is 70.8 Å². The number of rotatable bonds is 19. The Morgan fingerprint density at radius 1 is 0.510 bits per heavy atom. The first-order valence-electron chi connectivity index (χ1n) is 18.9. The molecule has 0 aliphatic carbocycles. The number of unbranched alkanes of at least 4 members (excludes halogenated alkanes) is 8. The maximum absolute atomic E-state index is 11.9. The molecule has 0 unspecified atom stereocenters. The molecule has 0 amide bonds. The third-order valence-electron chi connectivity index (χ3n) is 8.71. The molecule has 0 radical (unpaired) electrons. The zero-order valence-electron chi connectivity index (χ0n) is 32.0. The summed E-state index contributed by atoms with van der Waals surface area (Å²) in [6.07, 6.45) is 17.7. The smallest absolute Gasteiger partial charge is 0.873 e. The Balaban J connectivity index is 0.000000542. The summed E-state index contributed by atoms with van der Waals surface area (Å²) >= 11 is 0. The van der Waals surface area contributed by atoms with Crippen molar-refractivity contribution < 1.29 is 26.7 Å². The fourth-order valence-corrected chi connectivity index (χ4v) is 6.21. The molecule has 3 rings (SSSR count). The van der Waals surface area contributed by atoms with E-state index in [-0.39, 0.29) is 28.0 Å². The number of hydrogen-bond acceptors (Lipinski definition) is 4. The Morgan fingerprint density at radius 2 is 0.939 bits per heavy atom. The van der Waals surface area contributed by atoms with E-state index in [2.05, 4.69) is 91.8 Å². The zero-order chi connectivity index (χ0) is 35.3. The van der Waals surface area contributed by atoms with Crippen molar-refractivity contribution in [2.45, 2.75) is 158 Å². The maximum Gasteiger partial charge on any atom is 2.00 e. The van der Waals surface area contributed by atoms with E-state index in [1.54, 1.807) is 0 Å². The molecule has 0 N–H and O–H groups in total. The molecule has 0 saturated carbocycles. The molecule has 0 spiro atoms. The van der Waals surface area contributed by atoms with E-state index in [0.717, 1.165) is 86.0 Å². The van der Waals surface area contributed by atoms with Gasteiger partial charge >= 0.3 is 16.5 Å². The number of aryl methyl sites for hydroxylation is 5. The van der Waals surface area contributed by atoms with E-state index >= 15 is 0 Å². The van der Waals surface area contributed by atoms with Crippen molar-refractivity contribution in [2.75, 3.05) is 0 Å². The summed E-state index contributed by atoms with van der Waals surface area (Å²) < 4.78 is 0. The summed E-state index contributed by atoms with van der Waals surface area (Å²) in [4.78, 5) is 10.3. The van der Waals surface area contributed by atoms with Gasteiger partial charge in [0.05, 0.1) is 22.8 Å². The molecule has 0 aliphatic heterocycles. The summed E-state index contributed by atoms with van der Waals surface area (Å²) in [7, 11) is 0. The first-order chi connectivity index (χ1) is 23.1. The number of aliphatic imine (C=N–C) groups is 2. The first-order valence-corrected chi connectivity index (χ1v) is 18.9. The van der Waals surface area contributed by atoms with Gasteiger partial charge in [0.1, 0.15) is 0 Å². The van der Waals surface area contributed by atoms with Crippen molar-refractivity contribution in [3.05, 3.63) is 81.9 Å². The molecule has 0 fully saturated rings. The largest absolute Gasteiger partial charge is 2.00 e. The third kappa shape index (κ3) is 17.0. The van der Waals surface area contributed by atoms with Crippen LogP contribution >= 0.6 is 0 Å². The monoisotopic (exact) mass is 710 g/mol. The van der Waals surface area contributed by atoms with E-state index in [9.17, 15) is 10.2 Å². The minimum atomic E-state index is -0.347. The third-order valence-corrected chi connectivity index (χ3v) is 8.71. The van der Waals surface area contributed by atoms with Crippen molar-refractivity contribution in [1.29, 1.82) is 0 Å². The molecule has 5 heteroatoms. The van der Waals surface area contributed by atoms with Gasteiger partial charge in [0, 0.05) is 0 Å². The Hall–Kier alpha value is -2.91. The van der Waals surface area contributed by atoms with Crippen LogP contribution in [0.2, 0.25) is 0 Å². The second kappa shape index (κ2) is 25.1. The van der Waals surface area contributed by atoms with Crippen LogP contribution in [0.5, 0.6) is 11.5 Å². The van der Waals surface area contributed by atoms with Crippen molar-refractivity contribution in [2.24, 2.45) is 9.98 Å². The summed E-state index contributed by atoms with van der Waals surface area (Å²) in [5.74, 6) is -0.610. The van der Waals surface area contributed by atoms with Gasteiger partial charge in [-0.3, -0.25) is 9.98 Å². The summed E-state index contributed by atoms with van der Waals surface area (Å²) in [5.41, 5.74) is 11.4. The van der Waals surface area contributed by atoms with E-state index in [1.165, 1.54) is 79.0 Å². The fraction of sp³-hybridized carbons (Fsp3) is 0.545. The van der Waals surface area contributed by atoms with E-state index in [4.69, 9.17) is 9.98 Å². The second-order valence-electron chi connectivity index (χ2n) is 13.7. The molecule has 0 saturated heterocycles. The molecule has 0 aliphatic rings. The van der Waals surface area contributed by atoms with E-state index < -0.39 is 0 Å². The van der Waals surface area contributed by atoms with Crippen LogP contribution in [-0.4, -0.2) is 11.4 Å². The van der Waals surface area contributed by atoms with Gasteiger partial charge in [-0.25, -0.2) is 0 Å². The number of hydrogen-bond donors (Lipinski definition) is 0. The summed E-state index contributed by atoms with van der Waals surface area (Å²) in [6.45, 7) is 17.4. The molecule has 272 valence electrons. The second-order valence-corrected chi connectivity index (χ2v) is 13.7. The molecular formula is C44H64N2NiO2. The van der Waals surface area contributed by atoms with Gasteiger partial charge in [0.15, 0.2) is 0 Å². The average molecular weight is 712 g/mol. The fourth-order valence-electron chi connectivity index (χ4n) is 6.21. The first kappa shape index (κ1) is 44.1. The van der Waals surface area contributed by atoms with Gasteiger partial charge in [-0.2, -0.15) is 0 Å². The summed E-state index contributed by atoms with van der Waals surface area (Å²) in [5, 5.41) is 23.3. The minimum absolute atomic E-state index is 0. The van der Waals surface area contributed by atoms with Gasteiger partial charge in [-0.1, -0.05) is 109 Å². The van der Waals surface area contributed by atoms with Crippen LogP contribution in [0.15, 0.2) is 58.5 Å². The molecule has 3 aromatic rings. The number of benzene rings is 3. The van der Waals surface area contributed by atoms with Crippen LogP contribution in [0.1, 0.15) is 151 Å². The quantitative estimate of drug-likeness (QED) is 0.0705. The predicted molar refractivity (Wildman–Crippen MR) is 206 cm³/mol. The van der Waals surface area contributed by atoms with Crippen molar-refractivity contribution in [3.63, 3.8) is 0 Å². The van der Waals surface area contributed by atoms with Gasteiger partial charge in [-0.15, -0.1) is 11.5 Å². The Bertz CT molecular complexity index is 1400. The van der Waals surface area contributed by atoms with Gasteiger partial charge in [0.2, 0.25) is 0 Å². The zero-order valence-corrected chi connectivity index (χ0v) is 32.9. The molecular weight excluding hydrogens is 647 g/mol. The van der Waals surface area contributed by atoms with Gasteiger partial charge in [-0.05, 0) is 131 Å². The van der Waals surface area contributed by atoms with Crippen LogP contribution in [-0.2, 0) is 29.3 Å². The van der Waals surface area contributed by atoms with Crippen LogP contribution in [0, 0.1) is 27.7 Å². The van der Waals surface area contributed by atoms with E-state index in [0.29, 0.717) is 0 Å². The Kier molecular flexibility index (Phi) is 22.6. The van der Waals surface area contributed by atoms with Crippen LogP contribution in [0.4, 0.5) is 11.4 Å². The normalized spacial score (nSPS) is 11.6. The molecule has 4 nitrogen and oxygen atoms in total. The predicted octanol–water partition coefficient (Wildman–Crippen LogP) is 12.2. The molecule has 3 aromatic carbocycles. The number of nitrogens with zero attached hydrogens (tertiary/aromatic N) is 2. The van der Waals surface area contributed by atoms with Crippen LogP contribution in [0.3, 0.4) is 0 Å². The van der Waals surface area contributed by atoms with E-state index in [1.807, 2.05) is 6.07 Å². The van der Waals surface area contributed by atoms with Crippen molar-refractivity contribution in [1.82, 2.24) is 0 Å². The van der Waals surface area contributed by atoms with Crippen molar-refractivity contribution in [3.8, 4) is 11.5 Å². The Morgan fingerprint density at radius 3 is 1.41 bits per heavy atom. The molecule has 0 atom stereocenters. The SMILES string of the molecule is CCCCCCC(=Nc1cc(C)cc(C)c1)C(CCCC)=Nc1cc(C)cc(C)c1.CCCCCc1ccc([O-])c([O-])c1CCCCC.[Ni+2]. The van der Waals surface area contributed by atoms with Crippen LogP contribution in [0.25, 0.3) is 0 Å². The molecule has 0 bridgehead atoms. The average Bonchev–Trinajstić information content (AvgIpc) is 3.03. The Labute approximate surface area is 309 Å². The molecule has 0 aromatic heterocycles. The summed E-state index contributed by atoms with van der Waals surface area (Å²) in [6, 6.07) is 16.5. The van der Waals surface area contributed by atoms with Gasteiger partial charge < -0.3 is 10.2 Å². The standard InChI is InChI=1S/C28H40N2.C16H26O2.Ni/c1-7-9-11-12-14-28(30-26-19-23(5)16-24(6)20-26)27(13-10-8-2)29-25-17-21(3)15-22(4)18-25;1-3-5-7-9-13-11-12-15(17)16(18)14(13)10-8-6-4-2;/h15-20H,7-14H2,1-6H3;11-12,17-18H,3-10H2,1-2H3;/q;;+2/p-2. The van der Waals surface area contributed by atoms with Crippen molar-refractivity contribution >= 4 is 22.8 Å². The molecule has 49 heavy (non-hydrogen) atoms. The maximum atomic E-state index is 11.9. The molecule has 0 heterocycles.